The van der Waals surface area contributed by atoms with Gasteiger partial charge in [-0.15, -0.1) is 0 Å². The van der Waals surface area contributed by atoms with Gasteiger partial charge in [0.1, 0.15) is 17.9 Å². The average Bonchev–Trinajstić information content (AvgIpc) is 3.45. The number of rotatable bonds is 5. The van der Waals surface area contributed by atoms with E-state index in [0.717, 1.165) is 4.47 Å². The summed E-state index contributed by atoms with van der Waals surface area (Å²) in [6.07, 6.45) is 0.502. The van der Waals surface area contributed by atoms with Gasteiger partial charge >= 0.3 is 0 Å². The molecule has 0 amide bonds. The van der Waals surface area contributed by atoms with Crippen LogP contribution in [0.2, 0.25) is 0 Å². The Morgan fingerprint density at radius 3 is 2.68 bits per heavy atom. The number of thiazole rings is 1. The van der Waals surface area contributed by atoms with Gasteiger partial charge in [-0.3, -0.25) is 14.0 Å². The molecule has 0 spiro atoms. The number of Topliss-reactive ketones (excluding diaryl/α,β-unsaturated/α-hetero) is 1. The van der Waals surface area contributed by atoms with E-state index in [1.165, 1.54) is 24.6 Å². The molecule has 3 aromatic rings. The maximum absolute atomic E-state index is 13.2. The molecule has 1 aromatic carbocycles. The Bertz CT molecular complexity index is 1170. The largest absolute Gasteiger partial charge is 0.375 e. The average molecular weight is 507 g/mol. The summed E-state index contributed by atoms with van der Waals surface area (Å²) in [4.78, 5) is 31.4. The van der Waals surface area contributed by atoms with Crippen LogP contribution in [0.15, 0.2) is 41.1 Å². The Labute approximate surface area is 190 Å². The topological polar surface area (TPSA) is 88.4 Å². The quantitative estimate of drug-likeness (QED) is 0.489. The molecule has 2 aliphatic rings. The number of hydrogen-bond donors (Lipinski definition) is 0. The molecular weight excluding hydrogens is 488 g/mol. The smallest absolute Gasteiger partial charge is 0.211 e. The van der Waals surface area contributed by atoms with Gasteiger partial charge in [-0.1, -0.05) is 27.3 Å². The number of carbonyl (C=O) groups excluding carboxylic acids is 2. The van der Waals surface area contributed by atoms with E-state index >= 15 is 0 Å². The second kappa shape index (κ2) is 7.58. The van der Waals surface area contributed by atoms with Crippen molar-refractivity contribution in [3.05, 3.63) is 57.3 Å². The first-order chi connectivity index (χ1) is 14.8. The molecular formula is C21H19BrN2O6S. The number of ether oxygens (including phenoxy) is 4. The van der Waals surface area contributed by atoms with Crippen molar-refractivity contribution in [1.29, 1.82) is 0 Å². The minimum Gasteiger partial charge on any atom is -0.375 e. The third kappa shape index (κ3) is 3.57. The van der Waals surface area contributed by atoms with Crippen molar-refractivity contribution in [3.8, 4) is 0 Å². The first kappa shape index (κ1) is 20.9. The highest BCUT2D eigenvalue weighted by Gasteiger charge is 2.57. The van der Waals surface area contributed by atoms with Crippen molar-refractivity contribution in [2.45, 2.75) is 44.2 Å². The fourth-order valence-corrected chi connectivity index (χ4v) is 5.10. The Morgan fingerprint density at radius 1 is 1.23 bits per heavy atom. The number of fused-ring (bicyclic) bond motifs is 2. The van der Waals surface area contributed by atoms with Crippen LogP contribution in [0.3, 0.4) is 0 Å². The molecule has 0 radical (unpaired) electrons. The summed E-state index contributed by atoms with van der Waals surface area (Å²) in [5.41, 5.74) is 0.918. The van der Waals surface area contributed by atoms with E-state index in [0.29, 0.717) is 21.1 Å². The van der Waals surface area contributed by atoms with Crippen molar-refractivity contribution in [2.24, 2.45) is 0 Å². The van der Waals surface area contributed by atoms with Gasteiger partial charge in [-0.2, -0.15) is 0 Å². The lowest BCUT2D eigenvalue weighted by Crippen LogP contribution is -2.39. The van der Waals surface area contributed by atoms with Gasteiger partial charge in [0, 0.05) is 23.3 Å². The van der Waals surface area contributed by atoms with Crippen molar-refractivity contribution < 1.29 is 28.5 Å². The molecule has 4 atom stereocenters. The predicted molar refractivity (Wildman–Crippen MR) is 114 cm³/mol. The first-order valence-corrected chi connectivity index (χ1v) is 11.2. The van der Waals surface area contributed by atoms with Gasteiger partial charge in [0.15, 0.2) is 23.1 Å². The van der Waals surface area contributed by atoms with E-state index in [9.17, 15) is 9.59 Å². The summed E-state index contributed by atoms with van der Waals surface area (Å²) < 4.78 is 25.5. The van der Waals surface area contributed by atoms with Crippen molar-refractivity contribution in [3.63, 3.8) is 0 Å². The van der Waals surface area contributed by atoms with Gasteiger partial charge in [-0.05, 0) is 38.1 Å². The Kier molecular flexibility index (Phi) is 5.11. The van der Waals surface area contributed by atoms with Crippen LogP contribution in [0.4, 0.5) is 0 Å². The number of carbonyl (C=O) groups is 2. The summed E-state index contributed by atoms with van der Waals surface area (Å²) in [5.74, 6) is -1.24. The third-order valence-corrected chi connectivity index (χ3v) is 6.85. The zero-order valence-electron chi connectivity index (χ0n) is 16.9. The molecule has 31 heavy (non-hydrogen) atoms. The van der Waals surface area contributed by atoms with E-state index < -0.39 is 30.4 Å². The van der Waals surface area contributed by atoms with Gasteiger partial charge in [0.05, 0.1) is 11.1 Å². The number of imidazole rings is 1. The zero-order chi connectivity index (χ0) is 21.9. The molecule has 2 aliphatic heterocycles. The monoisotopic (exact) mass is 506 g/mol. The highest BCUT2D eigenvalue weighted by molar-refractivity contribution is 9.10. The molecule has 0 aliphatic carbocycles. The Hall–Kier alpha value is -1.95. The van der Waals surface area contributed by atoms with Crippen LogP contribution >= 0.6 is 27.3 Å². The lowest BCUT2D eigenvalue weighted by Gasteiger charge is -2.23. The minimum atomic E-state index is -0.870. The number of benzene rings is 1. The molecule has 5 rings (SSSR count). The lowest BCUT2D eigenvalue weighted by molar-refractivity contribution is -0.210. The number of methoxy groups -OCH3 is 1. The van der Waals surface area contributed by atoms with Crippen LogP contribution in [-0.4, -0.2) is 58.4 Å². The van der Waals surface area contributed by atoms with Crippen LogP contribution in [0.5, 0.6) is 0 Å². The molecule has 2 fully saturated rings. The van der Waals surface area contributed by atoms with Crippen LogP contribution in [0.1, 0.15) is 39.6 Å². The van der Waals surface area contributed by atoms with Crippen LogP contribution in [0, 0.1) is 0 Å². The van der Waals surface area contributed by atoms with Crippen LogP contribution in [-0.2, 0) is 18.9 Å². The number of nitrogens with zero attached hydrogens (tertiary/aromatic N) is 2. The van der Waals surface area contributed by atoms with E-state index in [1.54, 1.807) is 48.7 Å². The standard InChI is InChI=1S/C21H19BrN2O6S/c1-21(2)29-18-17(27-3)16(28-19(18)30-21)15(26)13-9-24-12(8-23-20(24)31-13)14(25)10-4-6-11(22)7-5-10/h4-9,16-19H,1-3H3/t16-,17+,18-,19-/m1/s1. The van der Waals surface area contributed by atoms with Crippen molar-refractivity contribution in [1.82, 2.24) is 9.38 Å². The van der Waals surface area contributed by atoms with Gasteiger partial charge in [-0.25, -0.2) is 4.98 Å². The second-order valence-electron chi connectivity index (χ2n) is 7.82. The fraction of sp³-hybridized carbons (Fsp3) is 0.381. The SMILES string of the molecule is CO[C@@H]1[C@H]2OC(C)(C)O[C@H]2O[C@@H]1C(=O)c1cn2c(C(=O)c3ccc(Br)cc3)cnc2s1. The molecule has 2 saturated heterocycles. The molecule has 0 N–H and O–H groups in total. The third-order valence-electron chi connectivity index (χ3n) is 5.31. The molecule has 8 nitrogen and oxygen atoms in total. The number of halogens is 1. The first-order valence-electron chi connectivity index (χ1n) is 9.63. The Morgan fingerprint density at radius 2 is 1.97 bits per heavy atom. The van der Waals surface area contributed by atoms with Gasteiger partial charge in [0.25, 0.3) is 0 Å². The van der Waals surface area contributed by atoms with E-state index in [1.807, 2.05) is 0 Å². The summed E-state index contributed by atoms with van der Waals surface area (Å²) in [7, 11) is 1.52. The zero-order valence-corrected chi connectivity index (χ0v) is 19.3. The second-order valence-corrected chi connectivity index (χ2v) is 9.74. The molecule has 2 aromatic heterocycles. The van der Waals surface area contributed by atoms with E-state index in [4.69, 9.17) is 18.9 Å². The lowest BCUT2D eigenvalue weighted by atomic mass is 10.1. The number of aromatic nitrogens is 2. The molecule has 0 saturated carbocycles. The molecule has 162 valence electrons. The maximum atomic E-state index is 13.2. The van der Waals surface area contributed by atoms with Gasteiger partial charge < -0.3 is 18.9 Å². The number of hydrogen-bond acceptors (Lipinski definition) is 8. The maximum Gasteiger partial charge on any atom is 0.211 e. The summed E-state index contributed by atoms with van der Waals surface area (Å²) in [6, 6.07) is 7.08. The van der Waals surface area contributed by atoms with Crippen LogP contribution in [0.25, 0.3) is 4.96 Å². The highest BCUT2D eigenvalue weighted by Crippen LogP contribution is 2.40. The molecule has 10 heteroatoms. The predicted octanol–water partition coefficient (Wildman–Crippen LogP) is 3.46. The number of ketones is 2. The highest BCUT2D eigenvalue weighted by atomic mass is 79.9. The summed E-state index contributed by atoms with van der Waals surface area (Å²) in [6.45, 7) is 3.58. The minimum absolute atomic E-state index is 0.178. The molecule has 0 bridgehead atoms. The Balaban J connectivity index is 1.42. The molecule has 0 unspecified atom stereocenters. The summed E-state index contributed by atoms with van der Waals surface area (Å²) in [5, 5.41) is 0. The van der Waals surface area contributed by atoms with Crippen molar-refractivity contribution >= 4 is 43.8 Å². The van der Waals surface area contributed by atoms with Crippen molar-refractivity contribution in [2.75, 3.05) is 7.11 Å². The normalized spacial score (nSPS) is 27.0. The fourth-order valence-electron chi connectivity index (χ4n) is 3.91. The van der Waals surface area contributed by atoms with E-state index in [-0.39, 0.29) is 11.6 Å². The van der Waals surface area contributed by atoms with Crippen LogP contribution < -0.4 is 0 Å². The summed E-state index contributed by atoms with van der Waals surface area (Å²) >= 11 is 4.56. The van der Waals surface area contributed by atoms with Gasteiger partial charge in [0.2, 0.25) is 11.6 Å². The molecule has 4 heterocycles. The van der Waals surface area contributed by atoms with E-state index in [2.05, 4.69) is 20.9 Å².